The van der Waals surface area contributed by atoms with Gasteiger partial charge in [-0.25, -0.2) is 0 Å². The first-order valence-corrected chi connectivity index (χ1v) is 10.2. The third-order valence-electron chi connectivity index (χ3n) is 3.98. The number of likely N-dealkylation sites (tertiary alicyclic amines) is 1. The molecule has 5 nitrogen and oxygen atoms in total. The fraction of sp³-hybridized carbons (Fsp3) is 0.471. The van der Waals surface area contributed by atoms with E-state index in [4.69, 9.17) is 0 Å². The van der Waals surface area contributed by atoms with Crippen molar-refractivity contribution < 1.29 is 4.79 Å². The van der Waals surface area contributed by atoms with E-state index in [1.165, 1.54) is 50.1 Å². The summed E-state index contributed by atoms with van der Waals surface area (Å²) in [5.41, 5.74) is 0. The lowest BCUT2D eigenvalue weighted by Crippen LogP contribution is -2.27. The number of carbonyl (C=O) groups excluding carboxylic acids is 1. The molecule has 0 radical (unpaired) electrons. The van der Waals surface area contributed by atoms with Crippen LogP contribution in [0.4, 0.5) is 5.82 Å². The van der Waals surface area contributed by atoms with E-state index >= 15 is 0 Å². The van der Waals surface area contributed by atoms with Crippen LogP contribution in [0.15, 0.2) is 34.7 Å². The molecule has 0 saturated carbocycles. The van der Waals surface area contributed by atoms with Gasteiger partial charge in [-0.15, -0.1) is 33.3 Å². The molecule has 1 fully saturated rings. The number of hydrogen-bond donors (Lipinski definition) is 1. The lowest BCUT2D eigenvalue weighted by Gasteiger charge is -2.18. The molecule has 3 heterocycles. The van der Waals surface area contributed by atoms with Gasteiger partial charge in [0.15, 0.2) is 5.82 Å². The Balaban J connectivity index is 1.43. The van der Waals surface area contributed by atoms with Crippen molar-refractivity contribution in [1.29, 1.82) is 0 Å². The lowest BCUT2D eigenvalue weighted by molar-refractivity contribution is 0.103. The maximum atomic E-state index is 12.0. The highest BCUT2D eigenvalue weighted by Gasteiger charge is 2.10. The third kappa shape index (κ3) is 5.29. The second kappa shape index (κ2) is 9.15. The smallest absolute Gasteiger partial charge is 0.266 e. The molecule has 0 bridgehead atoms. The van der Waals surface area contributed by atoms with Crippen LogP contribution in [0.3, 0.4) is 0 Å². The van der Waals surface area contributed by atoms with Gasteiger partial charge >= 0.3 is 0 Å². The van der Waals surface area contributed by atoms with E-state index in [0.29, 0.717) is 10.7 Å². The summed E-state index contributed by atoms with van der Waals surface area (Å²) in [6, 6.07) is 7.38. The predicted molar refractivity (Wildman–Crippen MR) is 99.9 cm³/mol. The Morgan fingerprint density at radius 1 is 1.17 bits per heavy atom. The van der Waals surface area contributed by atoms with Crippen LogP contribution < -0.4 is 5.32 Å². The van der Waals surface area contributed by atoms with E-state index in [9.17, 15) is 4.79 Å². The van der Waals surface area contributed by atoms with Crippen molar-refractivity contribution in [3.63, 3.8) is 0 Å². The van der Waals surface area contributed by atoms with Gasteiger partial charge in [0.05, 0.1) is 4.88 Å². The molecule has 3 rings (SSSR count). The van der Waals surface area contributed by atoms with Gasteiger partial charge in [-0.05, 0) is 49.5 Å². The molecule has 0 aliphatic carbocycles. The summed E-state index contributed by atoms with van der Waals surface area (Å²) in [5, 5.41) is 13.8. The van der Waals surface area contributed by atoms with E-state index in [1.54, 1.807) is 17.8 Å². The molecule has 128 valence electrons. The van der Waals surface area contributed by atoms with Gasteiger partial charge in [-0.1, -0.05) is 18.9 Å². The van der Waals surface area contributed by atoms with Crippen LogP contribution in [0.25, 0.3) is 0 Å². The summed E-state index contributed by atoms with van der Waals surface area (Å²) in [6.45, 7) is 3.54. The Morgan fingerprint density at radius 3 is 2.67 bits per heavy atom. The van der Waals surface area contributed by atoms with Crippen molar-refractivity contribution in [3.05, 3.63) is 34.5 Å². The number of nitrogens with zero attached hydrogens (tertiary/aromatic N) is 3. The van der Waals surface area contributed by atoms with Crippen molar-refractivity contribution in [2.45, 2.75) is 30.7 Å². The first-order chi connectivity index (χ1) is 11.8. The molecule has 0 aromatic carbocycles. The maximum absolute atomic E-state index is 12.0. The highest BCUT2D eigenvalue weighted by Crippen LogP contribution is 2.18. The van der Waals surface area contributed by atoms with Crippen LogP contribution in [0, 0.1) is 0 Å². The Labute approximate surface area is 150 Å². The third-order valence-corrected chi connectivity index (χ3v) is 5.75. The second-order valence-corrected chi connectivity index (χ2v) is 7.86. The summed E-state index contributed by atoms with van der Waals surface area (Å²) in [7, 11) is 0. The molecular formula is C17H22N4OS2. The molecule has 0 atom stereocenters. The standard InChI is InChI=1S/C17H22N4OS2/c22-17(14-6-5-12-23-14)18-15-7-8-16(20-19-15)24-13-11-21-9-3-1-2-4-10-21/h5-8,12H,1-4,9-11,13H2,(H,18,19,22). The number of anilines is 1. The quantitative estimate of drug-likeness (QED) is 0.793. The number of thioether (sulfide) groups is 1. The molecule has 2 aromatic rings. The van der Waals surface area contributed by atoms with E-state index in [-0.39, 0.29) is 5.91 Å². The van der Waals surface area contributed by atoms with Crippen LogP contribution in [0.5, 0.6) is 0 Å². The molecule has 7 heteroatoms. The average molecular weight is 363 g/mol. The zero-order valence-electron chi connectivity index (χ0n) is 13.6. The Morgan fingerprint density at radius 2 is 2.00 bits per heavy atom. The largest absolute Gasteiger partial charge is 0.304 e. The van der Waals surface area contributed by atoms with Gasteiger partial charge in [-0.2, -0.15) is 0 Å². The molecule has 1 amide bonds. The summed E-state index contributed by atoms with van der Waals surface area (Å²) in [4.78, 5) is 15.2. The minimum absolute atomic E-state index is 0.138. The summed E-state index contributed by atoms with van der Waals surface area (Å²) < 4.78 is 0. The zero-order valence-corrected chi connectivity index (χ0v) is 15.2. The van der Waals surface area contributed by atoms with Gasteiger partial charge < -0.3 is 10.2 Å². The highest BCUT2D eigenvalue weighted by atomic mass is 32.2. The van der Waals surface area contributed by atoms with E-state index < -0.39 is 0 Å². The molecule has 1 aliphatic heterocycles. The topological polar surface area (TPSA) is 58.1 Å². The van der Waals surface area contributed by atoms with Crippen LogP contribution in [-0.2, 0) is 0 Å². The van der Waals surface area contributed by atoms with Crippen molar-refractivity contribution in [3.8, 4) is 0 Å². The zero-order chi connectivity index (χ0) is 16.6. The van der Waals surface area contributed by atoms with Crippen molar-refractivity contribution in [2.75, 3.05) is 30.7 Å². The number of rotatable bonds is 6. The normalized spacial score (nSPS) is 15.8. The SMILES string of the molecule is O=C(Nc1ccc(SCCN2CCCCCC2)nn1)c1cccs1. The summed E-state index contributed by atoms with van der Waals surface area (Å²) in [6.07, 6.45) is 5.38. The Bertz CT molecular complexity index is 623. The van der Waals surface area contributed by atoms with Gasteiger partial charge in [0, 0.05) is 12.3 Å². The first kappa shape index (κ1) is 17.4. The number of thiophene rings is 1. The number of carbonyl (C=O) groups is 1. The van der Waals surface area contributed by atoms with Gasteiger partial charge in [0.2, 0.25) is 0 Å². The van der Waals surface area contributed by atoms with Crippen LogP contribution in [0.2, 0.25) is 0 Å². The number of hydrogen-bond acceptors (Lipinski definition) is 6. The van der Waals surface area contributed by atoms with E-state index in [2.05, 4.69) is 20.4 Å². The average Bonchev–Trinajstić information content (AvgIpc) is 3.02. The highest BCUT2D eigenvalue weighted by molar-refractivity contribution is 7.99. The molecule has 1 saturated heterocycles. The molecule has 1 aliphatic rings. The van der Waals surface area contributed by atoms with Gasteiger partial charge in [-0.3, -0.25) is 4.79 Å². The van der Waals surface area contributed by atoms with Crippen molar-refractivity contribution >= 4 is 34.8 Å². The van der Waals surface area contributed by atoms with Crippen LogP contribution in [-0.4, -0.2) is 46.4 Å². The van der Waals surface area contributed by atoms with Gasteiger partial charge in [0.25, 0.3) is 5.91 Å². The van der Waals surface area contributed by atoms with E-state index in [1.807, 2.05) is 23.6 Å². The fourth-order valence-electron chi connectivity index (χ4n) is 2.69. The van der Waals surface area contributed by atoms with Crippen LogP contribution in [0.1, 0.15) is 35.4 Å². The van der Waals surface area contributed by atoms with Crippen LogP contribution >= 0.6 is 23.1 Å². The molecule has 24 heavy (non-hydrogen) atoms. The number of amides is 1. The maximum Gasteiger partial charge on any atom is 0.266 e. The fourth-order valence-corrected chi connectivity index (χ4v) is 4.13. The monoisotopic (exact) mass is 362 g/mol. The summed E-state index contributed by atoms with van der Waals surface area (Å²) >= 11 is 3.13. The lowest BCUT2D eigenvalue weighted by atomic mass is 10.2. The second-order valence-electron chi connectivity index (χ2n) is 5.79. The Kier molecular flexibility index (Phi) is 6.63. The molecule has 0 spiro atoms. The van der Waals surface area contributed by atoms with Gasteiger partial charge in [0.1, 0.15) is 5.03 Å². The minimum atomic E-state index is -0.138. The number of nitrogens with one attached hydrogen (secondary N) is 1. The molecular weight excluding hydrogens is 340 g/mol. The molecule has 1 N–H and O–H groups in total. The van der Waals surface area contributed by atoms with E-state index in [0.717, 1.165) is 17.3 Å². The predicted octanol–water partition coefficient (Wildman–Crippen LogP) is 3.76. The molecule has 2 aromatic heterocycles. The first-order valence-electron chi connectivity index (χ1n) is 8.35. The minimum Gasteiger partial charge on any atom is -0.304 e. The molecule has 0 unspecified atom stereocenters. The van der Waals surface area contributed by atoms with Crippen molar-refractivity contribution in [1.82, 2.24) is 15.1 Å². The Hall–Kier alpha value is -1.44. The number of aromatic nitrogens is 2. The van der Waals surface area contributed by atoms with Crippen molar-refractivity contribution in [2.24, 2.45) is 0 Å². The summed E-state index contributed by atoms with van der Waals surface area (Å²) in [5.74, 6) is 1.38.